The molecular formula is C15H18Cl2O3. The summed E-state index contributed by atoms with van der Waals surface area (Å²) in [6.45, 7) is 2.01. The van der Waals surface area contributed by atoms with Crippen LogP contribution < -0.4 is 9.47 Å². The van der Waals surface area contributed by atoms with Gasteiger partial charge in [0.15, 0.2) is 11.5 Å². The number of halogens is 2. The quantitative estimate of drug-likeness (QED) is 0.773. The van der Waals surface area contributed by atoms with E-state index in [1.165, 1.54) is 0 Å². The lowest BCUT2D eigenvalue weighted by molar-refractivity contribution is 0.102. The van der Waals surface area contributed by atoms with E-state index in [2.05, 4.69) is 0 Å². The molecule has 2 aliphatic rings. The molecular weight excluding hydrogens is 299 g/mol. The molecule has 1 saturated heterocycles. The van der Waals surface area contributed by atoms with E-state index in [1.807, 2.05) is 6.07 Å². The normalized spacial score (nSPS) is 22.8. The first-order chi connectivity index (χ1) is 9.74. The third kappa shape index (κ3) is 3.16. The summed E-state index contributed by atoms with van der Waals surface area (Å²) in [5, 5.41) is 0.518. The van der Waals surface area contributed by atoms with Crippen molar-refractivity contribution in [2.75, 3.05) is 19.8 Å². The molecule has 110 valence electrons. The van der Waals surface area contributed by atoms with Gasteiger partial charge in [0.2, 0.25) is 0 Å². The lowest BCUT2D eigenvalue weighted by Crippen LogP contribution is -2.15. The van der Waals surface area contributed by atoms with E-state index in [0.29, 0.717) is 30.1 Å². The van der Waals surface area contributed by atoms with E-state index in [4.69, 9.17) is 37.4 Å². The topological polar surface area (TPSA) is 27.7 Å². The second-order valence-electron chi connectivity index (χ2n) is 5.20. The maximum Gasteiger partial charge on any atom is 0.162 e. The van der Waals surface area contributed by atoms with Crippen LogP contribution in [-0.4, -0.2) is 25.9 Å². The average Bonchev–Trinajstić information content (AvgIpc) is 2.97. The average molecular weight is 317 g/mol. The van der Waals surface area contributed by atoms with Crippen LogP contribution in [0.5, 0.6) is 11.5 Å². The molecule has 20 heavy (non-hydrogen) atoms. The number of hydrogen-bond donors (Lipinski definition) is 0. The van der Waals surface area contributed by atoms with E-state index < -0.39 is 0 Å². The molecule has 5 heteroatoms. The van der Waals surface area contributed by atoms with E-state index in [-0.39, 0.29) is 5.38 Å². The first-order valence-electron chi connectivity index (χ1n) is 7.09. The van der Waals surface area contributed by atoms with Crippen LogP contribution in [-0.2, 0) is 4.74 Å². The second kappa shape index (κ2) is 6.42. The van der Waals surface area contributed by atoms with Crippen molar-refractivity contribution in [1.82, 2.24) is 0 Å². The Bertz CT molecular complexity index is 472. The van der Waals surface area contributed by atoms with Gasteiger partial charge in [0.05, 0.1) is 11.5 Å². The minimum atomic E-state index is -0.123. The van der Waals surface area contributed by atoms with Crippen LogP contribution in [0.1, 0.15) is 36.6 Å². The molecule has 0 radical (unpaired) electrons. The van der Waals surface area contributed by atoms with Gasteiger partial charge in [-0.25, -0.2) is 0 Å². The Morgan fingerprint density at radius 1 is 1.15 bits per heavy atom. The number of benzene rings is 1. The molecule has 0 bridgehead atoms. The van der Waals surface area contributed by atoms with Crippen molar-refractivity contribution in [3.8, 4) is 11.5 Å². The minimum absolute atomic E-state index is 0.123. The van der Waals surface area contributed by atoms with Crippen molar-refractivity contribution < 1.29 is 14.2 Å². The monoisotopic (exact) mass is 316 g/mol. The zero-order valence-corrected chi connectivity index (χ0v) is 12.8. The van der Waals surface area contributed by atoms with Gasteiger partial charge >= 0.3 is 0 Å². The fraction of sp³-hybridized carbons (Fsp3) is 0.600. The van der Waals surface area contributed by atoms with Gasteiger partial charge in [0.1, 0.15) is 13.2 Å². The molecule has 2 unspecified atom stereocenters. The van der Waals surface area contributed by atoms with Crippen LogP contribution in [0.25, 0.3) is 0 Å². The molecule has 2 aliphatic heterocycles. The Morgan fingerprint density at radius 3 is 2.60 bits per heavy atom. The van der Waals surface area contributed by atoms with Gasteiger partial charge in [-0.3, -0.25) is 0 Å². The van der Waals surface area contributed by atoms with Gasteiger partial charge in [-0.1, -0.05) is 11.6 Å². The fourth-order valence-electron chi connectivity index (χ4n) is 2.68. The smallest absolute Gasteiger partial charge is 0.162 e. The maximum absolute atomic E-state index is 6.50. The summed E-state index contributed by atoms with van der Waals surface area (Å²) in [6, 6.07) is 3.71. The lowest BCUT2D eigenvalue weighted by atomic mass is 10.0. The predicted molar refractivity (Wildman–Crippen MR) is 79.2 cm³/mol. The lowest BCUT2D eigenvalue weighted by Gasteiger charge is -2.21. The molecule has 0 saturated carbocycles. The molecule has 0 aromatic heterocycles. The zero-order chi connectivity index (χ0) is 13.9. The molecule has 0 aliphatic carbocycles. The number of alkyl halides is 1. The number of fused-ring (bicyclic) bond motifs is 1. The van der Waals surface area contributed by atoms with Gasteiger partial charge in [0, 0.05) is 17.7 Å². The van der Waals surface area contributed by atoms with Crippen LogP contribution in [0.2, 0.25) is 5.02 Å². The van der Waals surface area contributed by atoms with E-state index in [0.717, 1.165) is 43.6 Å². The molecule has 1 aromatic carbocycles. The Labute approximate surface area is 129 Å². The number of rotatable bonds is 4. The third-order valence-electron chi connectivity index (χ3n) is 3.77. The van der Waals surface area contributed by atoms with Crippen LogP contribution in [0, 0.1) is 0 Å². The predicted octanol–water partition coefficient (Wildman–Crippen LogP) is 4.35. The van der Waals surface area contributed by atoms with E-state index in [9.17, 15) is 0 Å². The van der Waals surface area contributed by atoms with Crippen molar-refractivity contribution in [1.29, 1.82) is 0 Å². The van der Waals surface area contributed by atoms with Crippen LogP contribution in [0.3, 0.4) is 0 Å². The summed E-state index contributed by atoms with van der Waals surface area (Å²) in [5.74, 6) is 1.44. The summed E-state index contributed by atoms with van der Waals surface area (Å²) in [5.41, 5.74) is 0.913. The zero-order valence-electron chi connectivity index (χ0n) is 11.2. The Morgan fingerprint density at radius 2 is 1.90 bits per heavy atom. The highest BCUT2D eigenvalue weighted by atomic mass is 35.5. The van der Waals surface area contributed by atoms with Crippen LogP contribution in [0.15, 0.2) is 12.1 Å². The minimum Gasteiger partial charge on any atom is -0.486 e. The molecule has 1 fully saturated rings. The number of ether oxygens (including phenoxy) is 3. The molecule has 1 aromatic rings. The summed E-state index contributed by atoms with van der Waals surface area (Å²) >= 11 is 12.8. The summed E-state index contributed by atoms with van der Waals surface area (Å²) in [7, 11) is 0. The molecule has 2 atom stereocenters. The van der Waals surface area contributed by atoms with Crippen LogP contribution in [0.4, 0.5) is 0 Å². The van der Waals surface area contributed by atoms with Gasteiger partial charge in [-0.2, -0.15) is 0 Å². The molecule has 2 heterocycles. The molecule has 0 N–H and O–H groups in total. The standard InChI is InChI=1S/C15H18Cl2O3/c16-12(4-3-10-2-1-5-18-10)11-8-14-15(9-13(11)17)20-7-6-19-14/h8-10,12H,1-7H2. The van der Waals surface area contributed by atoms with Gasteiger partial charge in [0.25, 0.3) is 0 Å². The molecule has 0 amide bonds. The largest absolute Gasteiger partial charge is 0.486 e. The Balaban J connectivity index is 1.68. The van der Waals surface area contributed by atoms with Crippen molar-refractivity contribution in [3.63, 3.8) is 0 Å². The second-order valence-corrected chi connectivity index (χ2v) is 6.13. The maximum atomic E-state index is 6.50. The van der Waals surface area contributed by atoms with Gasteiger partial charge in [-0.15, -0.1) is 11.6 Å². The highest BCUT2D eigenvalue weighted by molar-refractivity contribution is 6.33. The van der Waals surface area contributed by atoms with E-state index in [1.54, 1.807) is 6.07 Å². The summed E-state index contributed by atoms with van der Waals surface area (Å²) < 4.78 is 16.7. The fourth-order valence-corrected chi connectivity index (χ4v) is 3.33. The summed E-state index contributed by atoms with van der Waals surface area (Å²) in [6.07, 6.45) is 4.47. The van der Waals surface area contributed by atoms with Gasteiger partial charge < -0.3 is 14.2 Å². The molecule has 3 rings (SSSR count). The Kier molecular flexibility index (Phi) is 4.59. The van der Waals surface area contributed by atoms with Crippen LogP contribution >= 0.6 is 23.2 Å². The van der Waals surface area contributed by atoms with Gasteiger partial charge in [-0.05, 0) is 37.3 Å². The first kappa shape index (κ1) is 14.3. The molecule has 3 nitrogen and oxygen atoms in total. The van der Waals surface area contributed by atoms with Crippen molar-refractivity contribution >= 4 is 23.2 Å². The van der Waals surface area contributed by atoms with Crippen molar-refractivity contribution in [2.45, 2.75) is 37.2 Å². The third-order valence-corrected chi connectivity index (χ3v) is 4.55. The highest BCUT2D eigenvalue weighted by Crippen LogP contribution is 2.41. The van der Waals surface area contributed by atoms with Crippen molar-refractivity contribution in [3.05, 3.63) is 22.7 Å². The Hall–Kier alpha value is -0.640. The first-order valence-corrected chi connectivity index (χ1v) is 7.90. The van der Waals surface area contributed by atoms with Crippen molar-refractivity contribution in [2.24, 2.45) is 0 Å². The SMILES string of the molecule is Clc1cc2c(cc1C(Cl)CCC1CCCO1)OCCO2. The highest BCUT2D eigenvalue weighted by Gasteiger charge is 2.22. The molecule has 0 spiro atoms. The summed E-state index contributed by atoms with van der Waals surface area (Å²) in [4.78, 5) is 0. The van der Waals surface area contributed by atoms with E-state index >= 15 is 0 Å². The number of hydrogen-bond acceptors (Lipinski definition) is 3.